The maximum Gasteiger partial charge on any atom is 0.255 e. The SMILES string of the molecule is CNC(=O)c1c(-c2ccc(F)cc2)oc2cc(N(C)S(C)(=O)=O)c(-c3ccc(CNS(C)(=O)=O)cc3)cc12. The number of fused-ring (bicyclic) bond motifs is 1. The molecule has 0 saturated heterocycles. The molecule has 1 heterocycles. The van der Waals surface area contributed by atoms with Crippen LogP contribution >= 0.6 is 0 Å². The third kappa shape index (κ3) is 5.72. The Morgan fingerprint density at radius 1 is 0.947 bits per heavy atom. The fourth-order valence-corrected chi connectivity index (χ4v) is 4.91. The first-order chi connectivity index (χ1) is 17.8. The van der Waals surface area contributed by atoms with Crippen LogP contribution in [0.4, 0.5) is 10.1 Å². The van der Waals surface area contributed by atoms with Crippen molar-refractivity contribution in [3.63, 3.8) is 0 Å². The molecule has 1 amide bonds. The number of hydrogen-bond donors (Lipinski definition) is 2. The van der Waals surface area contributed by atoms with Gasteiger partial charge in [-0.15, -0.1) is 0 Å². The van der Waals surface area contributed by atoms with Gasteiger partial charge in [0, 0.05) is 43.2 Å². The van der Waals surface area contributed by atoms with E-state index < -0.39 is 31.8 Å². The Hall–Kier alpha value is -3.74. The molecule has 0 radical (unpaired) electrons. The highest BCUT2D eigenvalue weighted by atomic mass is 32.2. The number of nitrogens with zero attached hydrogens (tertiary/aromatic N) is 1. The van der Waals surface area contributed by atoms with E-state index in [1.165, 1.54) is 38.4 Å². The zero-order chi connectivity index (χ0) is 27.8. The molecule has 9 nitrogen and oxygen atoms in total. The van der Waals surface area contributed by atoms with Crippen LogP contribution in [0.25, 0.3) is 33.4 Å². The van der Waals surface area contributed by atoms with Crippen molar-refractivity contribution in [2.75, 3.05) is 30.9 Å². The molecule has 4 aromatic rings. The molecule has 0 spiro atoms. The highest BCUT2D eigenvalue weighted by Crippen LogP contribution is 2.41. The molecular formula is C26H26FN3O6S2. The molecule has 200 valence electrons. The van der Waals surface area contributed by atoms with Crippen LogP contribution in [0.2, 0.25) is 0 Å². The number of sulfonamides is 2. The van der Waals surface area contributed by atoms with E-state index in [0.717, 1.165) is 16.8 Å². The van der Waals surface area contributed by atoms with Crippen molar-refractivity contribution in [1.29, 1.82) is 0 Å². The van der Waals surface area contributed by atoms with Gasteiger partial charge in [-0.2, -0.15) is 0 Å². The van der Waals surface area contributed by atoms with Crippen molar-refractivity contribution in [2.45, 2.75) is 6.54 Å². The third-order valence-electron chi connectivity index (χ3n) is 6.01. The Morgan fingerprint density at radius 2 is 1.55 bits per heavy atom. The van der Waals surface area contributed by atoms with Gasteiger partial charge >= 0.3 is 0 Å². The molecule has 3 aromatic carbocycles. The summed E-state index contributed by atoms with van der Waals surface area (Å²) in [5, 5.41) is 3.04. The normalized spacial score (nSPS) is 12.0. The standard InChI is InChI=1S/C26H26FN3O6S2/c1-28-26(31)24-21-13-20(17-7-5-16(6-8-17)15-29-37(3,32)33)22(30(2)38(4,34)35)14-23(21)36-25(24)18-9-11-19(27)12-10-18/h5-14,29H,15H2,1-4H3,(H,28,31). The summed E-state index contributed by atoms with van der Waals surface area (Å²) in [5.74, 6) is -0.659. The summed E-state index contributed by atoms with van der Waals surface area (Å²) >= 11 is 0. The summed E-state index contributed by atoms with van der Waals surface area (Å²) in [6.07, 6.45) is 2.14. The van der Waals surface area contributed by atoms with Crippen molar-refractivity contribution in [2.24, 2.45) is 0 Å². The number of nitrogens with one attached hydrogen (secondary N) is 2. The molecule has 0 unspecified atom stereocenters. The highest BCUT2D eigenvalue weighted by molar-refractivity contribution is 7.92. The minimum atomic E-state index is -3.68. The number of carbonyl (C=O) groups excluding carboxylic acids is 1. The maximum atomic E-state index is 13.6. The molecule has 1 aromatic heterocycles. The van der Waals surface area contributed by atoms with Crippen LogP contribution in [0.5, 0.6) is 0 Å². The van der Waals surface area contributed by atoms with Gasteiger partial charge in [-0.3, -0.25) is 9.10 Å². The summed E-state index contributed by atoms with van der Waals surface area (Å²) < 4.78 is 71.0. The lowest BCUT2D eigenvalue weighted by atomic mass is 9.97. The summed E-state index contributed by atoms with van der Waals surface area (Å²) in [6, 6.07) is 15.6. The molecule has 12 heteroatoms. The van der Waals surface area contributed by atoms with Gasteiger partial charge in [0.1, 0.15) is 17.2 Å². The number of amides is 1. The first-order valence-electron chi connectivity index (χ1n) is 11.3. The molecule has 0 aliphatic carbocycles. The Labute approximate surface area is 220 Å². The number of anilines is 1. The number of rotatable bonds is 8. The first-order valence-corrected chi connectivity index (χ1v) is 15.1. The summed E-state index contributed by atoms with van der Waals surface area (Å²) in [4.78, 5) is 13.0. The minimum Gasteiger partial charge on any atom is -0.455 e. The van der Waals surface area contributed by atoms with Crippen LogP contribution in [-0.2, 0) is 26.6 Å². The Kier molecular flexibility index (Phi) is 7.33. The van der Waals surface area contributed by atoms with Gasteiger partial charge in [0.25, 0.3) is 5.91 Å². The molecule has 0 fully saturated rings. The second kappa shape index (κ2) is 10.2. The van der Waals surface area contributed by atoms with E-state index in [9.17, 15) is 26.0 Å². The molecule has 0 bridgehead atoms. The Balaban J connectivity index is 1.95. The van der Waals surface area contributed by atoms with Crippen LogP contribution in [0, 0.1) is 5.82 Å². The van der Waals surface area contributed by atoms with E-state index in [0.29, 0.717) is 33.3 Å². The predicted octanol–water partition coefficient (Wildman–Crippen LogP) is 3.71. The second-order valence-corrected chi connectivity index (χ2v) is 12.6. The van der Waals surface area contributed by atoms with Gasteiger partial charge in [-0.1, -0.05) is 24.3 Å². The zero-order valence-electron chi connectivity index (χ0n) is 21.1. The first kappa shape index (κ1) is 27.3. The average molecular weight is 560 g/mol. The van der Waals surface area contributed by atoms with E-state index in [4.69, 9.17) is 4.42 Å². The molecule has 38 heavy (non-hydrogen) atoms. The topological polar surface area (TPSA) is 126 Å². The van der Waals surface area contributed by atoms with Gasteiger partial charge in [0.15, 0.2) is 0 Å². The molecule has 4 rings (SSSR count). The maximum absolute atomic E-state index is 13.6. The Bertz CT molecular complexity index is 1730. The van der Waals surface area contributed by atoms with Crippen LogP contribution < -0.4 is 14.3 Å². The van der Waals surface area contributed by atoms with Crippen LogP contribution in [0.3, 0.4) is 0 Å². The quantitative estimate of drug-likeness (QED) is 0.339. The van der Waals surface area contributed by atoms with Crippen molar-refractivity contribution in [1.82, 2.24) is 10.0 Å². The van der Waals surface area contributed by atoms with Crippen molar-refractivity contribution < 1.29 is 30.4 Å². The van der Waals surface area contributed by atoms with Gasteiger partial charge in [0.05, 0.1) is 23.8 Å². The number of carbonyl (C=O) groups is 1. The number of halogens is 1. The highest BCUT2D eigenvalue weighted by Gasteiger charge is 2.26. The van der Waals surface area contributed by atoms with E-state index in [1.54, 1.807) is 36.4 Å². The summed E-state index contributed by atoms with van der Waals surface area (Å²) in [7, 11) is -4.16. The number of hydrogen-bond acceptors (Lipinski definition) is 6. The number of furan rings is 1. The predicted molar refractivity (Wildman–Crippen MR) is 145 cm³/mol. The lowest BCUT2D eigenvalue weighted by molar-refractivity contribution is 0.0964. The van der Waals surface area contributed by atoms with Gasteiger partial charge < -0.3 is 9.73 Å². The second-order valence-electron chi connectivity index (χ2n) is 8.78. The third-order valence-corrected chi connectivity index (χ3v) is 7.87. The molecule has 0 aliphatic heterocycles. The molecule has 0 saturated carbocycles. The molecule has 2 N–H and O–H groups in total. The van der Waals surface area contributed by atoms with Gasteiger partial charge in [-0.25, -0.2) is 25.9 Å². The lowest BCUT2D eigenvalue weighted by Gasteiger charge is -2.21. The zero-order valence-corrected chi connectivity index (χ0v) is 22.7. The van der Waals surface area contributed by atoms with E-state index in [1.807, 2.05) is 0 Å². The molecule has 0 atom stereocenters. The number of benzene rings is 3. The monoisotopic (exact) mass is 559 g/mol. The van der Waals surface area contributed by atoms with E-state index in [-0.39, 0.29) is 23.5 Å². The van der Waals surface area contributed by atoms with E-state index >= 15 is 0 Å². The minimum absolute atomic E-state index is 0.0951. The lowest BCUT2D eigenvalue weighted by Crippen LogP contribution is -2.25. The smallest absolute Gasteiger partial charge is 0.255 e. The van der Waals surface area contributed by atoms with Crippen molar-refractivity contribution in [3.8, 4) is 22.5 Å². The van der Waals surface area contributed by atoms with Crippen molar-refractivity contribution in [3.05, 3.63) is 77.6 Å². The van der Waals surface area contributed by atoms with Crippen molar-refractivity contribution >= 4 is 42.6 Å². The fraction of sp³-hybridized carbons (Fsp3) is 0.192. The molecular weight excluding hydrogens is 533 g/mol. The van der Waals surface area contributed by atoms with E-state index in [2.05, 4.69) is 10.0 Å². The fourth-order valence-electron chi connectivity index (χ4n) is 3.97. The summed E-state index contributed by atoms with van der Waals surface area (Å²) in [5.41, 5.74) is 3.11. The Morgan fingerprint density at radius 3 is 2.11 bits per heavy atom. The average Bonchev–Trinajstić information content (AvgIpc) is 3.24. The van der Waals surface area contributed by atoms with Crippen LogP contribution in [-0.4, -0.2) is 49.3 Å². The van der Waals surface area contributed by atoms with Gasteiger partial charge in [0.2, 0.25) is 20.0 Å². The largest absolute Gasteiger partial charge is 0.455 e. The summed E-state index contributed by atoms with van der Waals surface area (Å²) in [6.45, 7) is 0.0951. The molecule has 0 aliphatic rings. The van der Waals surface area contributed by atoms with Crippen LogP contribution in [0.15, 0.2) is 65.1 Å². The van der Waals surface area contributed by atoms with Gasteiger partial charge in [-0.05, 0) is 41.5 Å². The van der Waals surface area contributed by atoms with Crippen LogP contribution in [0.1, 0.15) is 15.9 Å².